The number of rotatable bonds is 3. The van der Waals surface area contributed by atoms with Gasteiger partial charge in [0.15, 0.2) is 5.65 Å². The molecule has 17 heavy (non-hydrogen) atoms. The fraction of sp³-hybridized carbons (Fsp3) is 0.417. The van der Waals surface area contributed by atoms with Crippen molar-refractivity contribution in [2.75, 3.05) is 0 Å². The van der Waals surface area contributed by atoms with Gasteiger partial charge in [-0.05, 0) is 30.9 Å². The van der Waals surface area contributed by atoms with E-state index in [1.807, 2.05) is 6.07 Å². The van der Waals surface area contributed by atoms with Gasteiger partial charge in [-0.2, -0.15) is 0 Å². The van der Waals surface area contributed by atoms with Crippen LogP contribution in [0.15, 0.2) is 12.1 Å². The number of carbonyl (C=O) groups is 1. The zero-order valence-corrected chi connectivity index (χ0v) is 9.68. The van der Waals surface area contributed by atoms with Gasteiger partial charge in [-0.15, -0.1) is 10.2 Å². The molecule has 1 aliphatic carbocycles. The molecule has 2 aromatic rings. The molecule has 5 nitrogen and oxygen atoms in total. The van der Waals surface area contributed by atoms with Gasteiger partial charge in [-0.1, -0.05) is 6.92 Å². The number of fused-ring (bicyclic) bond motifs is 1. The molecule has 2 N–H and O–H groups in total. The fourth-order valence-corrected chi connectivity index (χ4v) is 2.16. The Kier molecular flexibility index (Phi) is 2.14. The van der Waals surface area contributed by atoms with Crippen molar-refractivity contribution in [1.82, 2.24) is 14.6 Å². The third-order valence-corrected chi connectivity index (χ3v) is 3.20. The van der Waals surface area contributed by atoms with Gasteiger partial charge in [0, 0.05) is 17.7 Å². The Balaban J connectivity index is 2.29. The first-order valence-electron chi connectivity index (χ1n) is 5.88. The Labute approximate surface area is 98.6 Å². The van der Waals surface area contributed by atoms with Crippen molar-refractivity contribution < 1.29 is 4.79 Å². The van der Waals surface area contributed by atoms with Gasteiger partial charge in [0.25, 0.3) is 0 Å². The summed E-state index contributed by atoms with van der Waals surface area (Å²) in [6.07, 6.45) is 3.16. The minimum Gasteiger partial charge on any atom is -0.366 e. The van der Waals surface area contributed by atoms with Gasteiger partial charge in [0.05, 0.1) is 0 Å². The highest BCUT2D eigenvalue weighted by molar-refractivity contribution is 5.93. The van der Waals surface area contributed by atoms with E-state index in [-0.39, 0.29) is 0 Å². The summed E-state index contributed by atoms with van der Waals surface area (Å²) in [6, 6.07) is 3.59. The van der Waals surface area contributed by atoms with Crippen LogP contribution in [-0.2, 0) is 6.42 Å². The summed E-state index contributed by atoms with van der Waals surface area (Å²) < 4.78 is 2.06. The molecule has 0 spiro atoms. The number of primary amides is 1. The Morgan fingerprint density at radius 3 is 2.82 bits per heavy atom. The maximum Gasteiger partial charge on any atom is 0.248 e. The van der Waals surface area contributed by atoms with Crippen LogP contribution >= 0.6 is 0 Å². The molecule has 0 saturated heterocycles. The highest BCUT2D eigenvalue weighted by Crippen LogP contribution is 2.40. The number of pyridine rings is 1. The molecule has 1 amide bonds. The minimum atomic E-state index is -0.407. The molecule has 0 atom stereocenters. The molecule has 3 rings (SSSR count). The Morgan fingerprint density at radius 2 is 2.24 bits per heavy atom. The summed E-state index contributed by atoms with van der Waals surface area (Å²) in [6.45, 7) is 2.05. The van der Waals surface area contributed by atoms with E-state index < -0.39 is 5.91 Å². The first-order valence-corrected chi connectivity index (χ1v) is 5.88. The number of nitrogens with two attached hydrogens (primary N) is 1. The number of amides is 1. The van der Waals surface area contributed by atoms with Crippen molar-refractivity contribution in [1.29, 1.82) is 0 Å². The lowest BCUT2D eigenvalue weighted by molar-refractivity contribution is 0.1000. The van der Waals surface area contributed by atoms with Crippen molar-refractivity contribution in [2.45, 2.75) is 32.1 Å². The van der Waals surface area contributed by atoms with Crippen molar-refractivity contribution >= 4 is 11.6 Å². The maximum absolute atomic E-state index is 11.3. The molecule has 1 aliphatic rings. The van der Waals surface area contributed by atoms with Crippen molar-refractivity contribution in [3.05, 3.63) is 29.2 Å². The first kappa shape index (κ1) is 10.3. The number of aromatic nitrogens is 3. The lowest BCUT2D eigenvalue weighted by Gasteiger charge is -2.07. The van der Waals surface area contributed by atoms with Crippen molar-refractivity contribution in [3.63, 3.8) is 0 Å². The SMILES string of the molecule is CCc1nnc2cc(C(N)=O)cc(C3CC3)n12. The van der Waals surface area contributed by atoms with Crippen LogP contribution in [0.5, 0.6) is 0 Å². The van der Waals surface area contributed by atoms with E-state index in [0.29, 0.717) is 11.5 Å². The lowest BCUT2D eigenvalue weighted by atomic mass is 10.1. The zero-order valence-electron chi connectivity index (χ0n) is 9.68. The van der Waals surface area contributed by atoms with E-state index in [1.54, 1.807) is 6.07 Å². The summed E-state index contributed by atoms with van der Waals surface area (Å²) >= 11 is 0. The predicted octanol–water partition coefficient (Wildman–Crippen LogP) is 1.27. The molecule has 0 aromatic carbocycles. The molecule has 0 unspecified atom stereocenters. The summed E-state index contributed by atoms with van der Waals surface area (Å²) in [5, 5.41) is 8.25. The average molecular weight is 230 g/mol. The number of hydrogen-bond acceptors (Lipinski definition) is 3. The van der Waals surface area contributed by atoms with Gasteiger partial charge < -0.3 is 5.73 Å². The molecule has 0 aliphatic heterocycles. The van der Waals surface area contributed by atoms with Crippen LogP contribution in [-0.4, -0.2) is 20.5 Å². The van der Waals surface area contributed by atoms with Gasteiger partial charge in [-0.25, -0.2) is 0 Å². The quantitative estimate of drug-likeness (QED) is 0.862. The molecular formula is C12H14N4O. The summed E-state index contributed by atoms with van der Waals surface area (Å²) in [4.78, 5) is 11.3. The molecule has 2 heterocycles. The van der Waals surface area contributed by atoms with E-state index in [9.17, 15) is 4.79 Å². The molecule has 1 fully saturated rings. The monoisotopic (exact) mass is 230 g/mol. The second-order valence-corrected chi connectivity index (χ2v) is 4.47. The largest absolute Gasteiger partial charge is 0.366 e. The molecule has 2 aromatic heterocycles. The zero-order chi connectivity index (χ0) is 12.0. The van der Waals surface area contributed by atoms with E-state index in [2.05, 4.69) is 21.5 Å². The Bertz CT molecular complexity index is 598. The normalized spacial score (nSPS) is 15.4. The summed E-state index contributed by atoms with van der Waals surface area (Å²) in [7, 11) is 0. The smallest absolute Gasteiger partial charge is 0.248 e. The van der Waals surface area contributed by atoms with Gasteiger partial charge >= 0.3 is 0 Å². The second kappa shape index (κ2) is 3.55. The molecule has 1 saturated carbocycles. The molecule has 0 bridgehead atoms. The Hall–Kier alpha value is -1.91. The maximum atomic E-state index is 11.3. The minimum absolute atomic E-state index is 0.407. The van der Waals surface area contributed by atoms with E-state index in [1.165, 1.54) is 12.8 Å². The highest BCUT2D eigenvalue weighted by atomic mass is 16.1. The first-order chi connectivity index (χ1) is 8.20. The van der Waals surface area contributed by atoms with Gasteiger partial charge in [0.2, 0.25) is 5.91 Å². The van der Waals surface area contributed by atoms with Crippen LogP contribution in [0.2, 0.25) is 0 Å². The third-order valence-electron chi connectivity index (χ3n) is 3.20. The van der Waals surface area contributed by atoms with Crippen molar-refractivity contribution in [3.8, 4) is 0 Å². The van der Waals surface area contributed by atoms with Crippen LogP contribution in [0.1, 0.15) is 47.6 Å². The number of nitrogens with zero attached hydrogens (tertiary/aromatic N) is 3. The third kappa shape index (κ3) is 1.58. The van der Waals surface area contributed by atoms with Gasteiger partial charge in [0.1, 0.15) is 5.82 Å². The van der Waals surface area contributed by atoms with E-state index in [0.717, 1.165) is 23.6 Å². The van der Waals surface area contributed by atoms with Crippen LogP contribution in [0, 0.1) is 0 Å². The number of hydrogen-bond donors (Lipinski definition) is 1. The standard InChI is InChI=1S/C12H14N4O/c1-2-10-14-15-11-6-8(12(13)17)5-9(16(10)11)7-3-4-7/h5-7H,2-4H2,1H3,(H2,13,17). The van der Waals surface area contributed by atoms with Crippen LogP contribution < -0.4 is 5.73 Å². The molecular weight excluding hydrogens is 216 g/mol. The molecule has 88 valence electrons. The van der Waals surface area contributed by atoms with Crippen LogP contribution in [0.4, 0.5) is 0 Å². The number of aryl methyl sites for hydroxylation is 1. The van der Waals surface area contributed by atoms with E-state index in [4.69, 9.17) is 5.73 Å². The Morgan fingerprint density at radius 1 is 1.47 bits per heavy atom. The molecule has 0 radical (unpaired) electrons. The highest BCUT2D eigenvalue weighted by Gasteiger charge is 2.28. The van der Waals surface area contributed by atoms with Crippen LogP contribution in [0.3, 0.4) is 0 Å². The summed E-state index contributed by atoms with van der Waals surface area (Å²) in [5.74, 6) is 1.06. The summed E-state index contributed by atoms with van der Waals surface area (Å²) in [5.41, 5.74) is 7.71. The van der Waals surface area contributed by atoms with Crippen molar-refractivity contribution in [2.24, 2.45) is 5.73 Å². The lowest BCUT2D eigenvalue weighted by Crippen LogP contribution is -2.13. The fourth-order valence-electron chi connectivity index (χ4n) is 2.16. The van der Waals surface area contributed by atoms with Gasteiger partial charge in [-0.3, -0.25) is 9.20 Å². The average Bonchev–Trinajstić information content (AvgIpc) is 3.07. The molecule has 5 heteroatoms. The van der Waals surface area contributed by atoms with Crippen LogP contribution in [0.25, 0.3) is 5.65 Å². The second-order valence-electron chi connectivity index (χ2n) is 4.47. The van der Waals surface area contributed by atoms with E-state index >= 15 is 0 Å². The predicted molar refractivity (Wildman–Crippen MR) is 62.9 cm³/mol. The number of carbonyl (C=O) groups excluding carboxylic acids is 1. The topological polar surface area (TPSA) is 73.3 Å².